The third kappa shape index (κ3) is 16.6. The van der Waals surface area contributed by atoms with Crippen LogP contribution >= 0.6 is 0 Å². The topological polar surface area (TPSA) is 262 Å². The average Bonchev–Trinajstić information content (AvgIpc) is 3.27. The fourth-order valence-electron chi connectivity index (χ4n) is 7.27. The van der Waals surface area contributed by atoms with E-state index >= 15 is 0 Å². The molecule has 1 saturated heterocycles. The Labute approximate surface area is 378 Å². The maximum Gasteiger partial charge on any atom is 0.326 e. The Hall–Kier alpha value is -6.98. The second-order valence-corrected chi connectivity index (χ2v) is 16.4. The number of hydrogen-bond donors (Lipinski definition) is 8. The number of hydrogen-bond acceptors (Lipinski definition) is 10. The summed E-state index contributed by atoms with van der Waals surface area (Å²) < 4.78 is 5.15. The molecule has 6 atom stereocenters. The molecule has 0 bridgehead atoms. The molecule has 3 aromatic rings. The van der Waals surface area contributed by atoms with E-state index in [-0.39, 0.29) is 57.2 Å². The standard InChI is InChI=1S/C47H61N7O11/c1-29(2)40-44(60)49-36(24-20-31-13-7-5-8-14-31)45(61)54(4)39(25-21-32-18-22-34(56)23-19-32)43(59)50-38(28-65-30(3)55)41(57)48-26-12-11-17-35(42(58)53-40)51-47(64)52-37(46(62)63)27-33-15-9-6-10-16-33/h5-10,13-16,18-19,22-23,29,35-40,56H,11-12,17,20-21,24-28H2,1-4H3,(H,48,57)(H,49,60)(H,50,59)(H,53,58)(H,62,63)(H2,51,52,64). The quantitative estimate of drug-likeness (QED) is 0.109. The third-order valence-electron chi connectivity index (χ3n) is 11.0. The fourth-order valence-corrected chi connectivity index (χ4v) is 7.27. The van der Waals surface area contributed by atoms with Gasteiger partial charge in [0.1, 0.15) is 48.6 Å². The molecule has 350 valence electrons. The Balaban J connectivity index is 1.69. The molecule has 0 aromatic heterocycles. The number of nitrogens with one attached hydrogen (secondary N) is 6. The van der Waals surface area contributed by atoms with Crippen molar-refractivity contribution in [3.63, 3.8) is 0 Å². The van der Waals surface area contributed by atoms with Crippen molar-refractivity contribution >= 4 is 47.5 Å². The fraction of sp³-hybridized carbons (Fsp3) is 0.447. The molecule has 7 amide bonds. The molecule has 0 saturated carbocycles. The lowest BCUT2D eigenvalue weighted by Gasteiger charge is -2.33. The molecular formula is C47H61N7O11. The van der Waals surface area contributed by atoms with Gasteiger partial charge in [0, 0.05) is 26.9 Å². The number of rotatable bonds is 14. The first-order valence-electron chi connectivity index (χ1n) is 21.8. The highest BCUT2D eigenvalue weighted by Gasteiger charge is 2.37. The minimum atomic E-state index is -1.38. The minimum absolute atomic E-state index is 0.00269. The number of aliphatic carboxylic acids is 1. The number of phenolic OH excluding ortho intramolecular Hbond substituents is 1. The number of aromatic hydroxyl groups is 1. The molecule has 18 heteroatoms. The number of carboxylic acid groups (broad SMARTS) is 1. The van der Waals surface area contributed by atoms with Crippen molar-refractivity contribution in [3.8, 4) is 5.75 Å². The van der Waals surface area contributed by atoms with Crippen molar-refractivity contribution in [2.75, 3.05) is 20.2 Å². The molecule has 8 N–H and O–H groups in total. The highest BCUT2D eigenvalue weighted by Crippen LogP contribution is 2.17. The molecule has 1 fully saturated rings. The van der Waals surface area contributed by atoms with Crippen molar-refractivity contribution in [2.45, 2.75) is 108 Å². The number of nitrogens with zero attached hydrogens (tertiary/aromatic N) is 1. The van der Waals surface area contributed by atoms with Crippen LogP contribution in [0.3, 0.4) is 0 Å². The number of benzene rings is 3. The first-order valence-corrected chi connectivity index (χ1v) is 21.8. The Kier molecular flexibility index (Phi) is 19.8. The number of carbonyl (C=O) groups is 8. The normalized spacial score (nSPS) is 21.0. The van der Waals surface area contributed by atoms with Crippen LogP contribution in [-0.4, -0.2) is 119 Å². The summed E-state index contributed by atoms with van der Waals surface area (Å²) in [6.07, 6.45) is 1.20. The number of amides is 7. The monoisotopic (exact) mass is 899 g/mol. The van der Waals surface area contributed by atoms with E-state index in [2.05, 4.69) is 31.9 Å². The summed E-state index contributed by atoms with van der Waals surface area (Å²) >= 11 is 0. The van der Waals surface area contributed by atoms with E-state index < -0.39 is 96.3 Å². The first-order chi connectivity index (χ1) is 31.0. The number of carboxylic acids is 1. The molecule has 1 aliphatic heterocycles. The third-order valence-corrected chi connectivity index (χ3v) is 11.0. The number of esters is 1. The van der Waals surface area contributed by atoms with E-state index in [4.69, 9.17) is 4.74 Å². The van der Waals surface area contributed by atoms with E-state index in [9.17, 15) is 48.6 Å². The van der Waals surface area contributed by atoms with E-state index in [0.29, 0.717) is 12.0 Å². The second-order valence-electron chi connectivity index (χ2n) is 16.4. The molecular weight excluding hydrogens is 839 g/mol. The zero-order chi connectivity index (χ0) is 47.5. The van der Waals surface area contributed by atoms with Gasteiger partial charge < -0.3 is 51.8 Å². The molecule has 6 unspecified atom stereocenters. The summed E-state index contributed by atoms with van der Waals surface area (Å²) in [7, 11) is 1.41. The van der Waals surface area contributed by atoms with Crippen molar-refractivity contribution in [1.82, 2.24) is 36.8 Å². The molecule has 0 radical (unpaired) electrons. The Morgan fingerprint density at radius 2 is 1.35 bits per heavy atom. The van der Waals surface area contributed by atoms with Gasteiger partial charge in [0.05, 0.1) is 0 Å². The maximum atomic E-state index is 14.7. The summed E-state index contributed by atoms with van der Waals surface area (Å²) in [5.74, 6) is -6.01. The molecule has 3 aromatic carbocycles. The van der Waals surface area contributed by atoms with Crippen LogP contribution < -0.4 is 31.9 Å². The highest BCUT2D eigenvalue weighted by molar-refractivity contribution is 5.96. The van der Waals surface area contributed by atoms with Crippen LogP contribution in [0.5, 0.6) is 5.75 Å². The maximum absolute atomic E-state index is 14.7. The summed E-state index contributed by atoms with van der Waals surface area (Å²) in [5, 5.41) is 35.7. The van der Waals surface area contributed by atoms with Crippen LogP contribution in [0.1, 0.15) is 69.6 Å². The molecule has 18 nitrogen and oxygen atoms in total. The Morgan fingerprint density at radius 3 is 1.97 bits per heavy atom. The average molecular weight is 900 g/mol. The van der Waals surface area contributed by atoms with E-state index in [1.807, 2.05) is 30.3 Å². The summed E-state index contributed by atoms with van der Waals surface area (Å²) in [5.41, 5.74) is 2.26. The minimum Gasteiger partial charge on any atom is -0.508 e. The Morgan fingerprint density at radius 1 is 0.754 bits per heavy atom. The predicted octanol–water partition coefficient (Wildman–Crippen LogP) is 2.12. The first kappa shape index (κ1) is 50.7. The van der Waals surface area contributed by atoms with Gasteiger partial charge in [-0.3, -0.25) is 28.8 Å². The number of likely N-dealkylation sites (N-methyl/N-ethyl adjacent to an activating group) is 1. The van der Waals surface area contributed by atoms with Crippen molar-refractivity contribution < 1.29 is 53.3 Å². The molecule has 65 heavy (non-hydrogen) atoms. The van der Waals surface area contributed by atoms with Gasteiger partial charge >= 0.3 is 18.0 Å². The zero-order valence-corrected chi connectivity index (χ0v) is 37.2. The van der Waals surface area contributed by atoms with Crippen LogP contribution in [0.25, 0.3) is 0 Å². The van der Waals surface area contributed by atoms with Crippen LogP contribution in [0.15, 0.2) is 84.9 Å². The van der Waals surface area contributed by atoms with Crippen LogP contribution in [-0.2, 0) is 57.6 Å². The number of ether oxygens (including phenoxy) is 1. The number of phenols is 1. The molecule has 0 aliphatic carbocycles. The van der Waals surface area contributed by atoms with Crippen LogP contribution in [0, 0.1) is 5.92 Å². The second kappa shape index (κ2) is 25.3. The zero-order valence-electron chi connectivity index (χ0n) is 37.2. The van der Waals surface area contributed by atoms with Crippen LogP contribution in [0.2, 0.25) is 0 Å². The molecule has 1 heterocycles. The highest BCUT2D eigenvalue weighted by atomic mass is 16.5. The smallest absolute Gasteiger partial charge is 0.326 e. The SMILES string of the molecule is CC(=O)OCC1NC(=O)C(CCc2ccc(O)cc2)N(C)C(=O)C(CCc2ccccc2)NC(=O)C(C(C)C)NC(=O)C(NC(=O)NC(Cc2ccccc2)C(=O)O)CCCCNC1=O. The van der Waals surface area contributed by atoms with Gasteiger partial charge in [0.25, 0.3) is 0 Å². The van der Waals surface area contributed by atoms with Gasteiger partial charge in [-0.25, -0.2) is 9.59 Å². The molecule has 4 rings (SSSR count). The largest absolute Gasteiger partial charge is 0.508 e. The van der Waals surface area contributed by atoms with Gasteiger partial charge in [-0.15, -0.1) is 0 Å². The lowest BCUT2D eigenvalue weighted by atomic mass is 9.98. The summed E-state index contributed by atoms with van der Waals surface area (Å²) in [4.78, 5) is 109. The van der Waals surface area contributed by atoms with E-state index in [1.54, 1.807) is 56.3 Å². The lowest BCUT2D eigenvalue weighted by molar-refractivity contribution is -0.146. The van der Waals surface area contributed by atoms with Crippen LogP contribution in [0.4, 0.5) is 4.79 Å². The van der Waals surface area contributed by atoms with E-state index in [0.717, 1.165) is 18.1 Å². The Bertz CT molecular complexity index is 2090. The lowest BCUT2D eigenvalue weighted by Crippen LogP contribution is -2.61. The van der Waals surface area contributed by atoms with Crippen molar-refractivity contribution in [1.29, 1.82) is 0 Å². The number of urea groups is 1. The van der Waals surface area contributed by atoms with Gasteiger partial charge in [-0.05, 0) is 79.7 Å². The summed E-state index contributed by atoms with van der Waals surface area (Å²) in [6.45, 7) is 4.05. The molecule has 0 spiro atoms. The molecule has 1 aliphatic rings. The van der Waals surface area contributed by atoms with Gasteiger partial charge in [0.15, 0.2) is 0 Å². The van der Waals surface area contributed by atoms with Gasteiger partial charge in [-0.1, -0.05) is 86.6 Å². The van der Waals surface area contributed by atoms with Crippen molar-refractivity contribution in [3.05, 3.63) is 102 Å². The van der Waals surface area contributed by atoms with E-state index in [1.165, 1.54) is 24.1 Å². The van der Waals surface area contributed by atoms with Gasteiger partial charge in [-0.2, -0.15) is 0 Å². The van der Waals surface area contributed by atoms with Gasteiger partial charge in [0.2, 0.25) is 29.5 Å². The predicted molar refractivity (Wildman–Crippen MR) is 239 cm³/mol. The van der Waals surface area contributed by atoms with Crippen molar-refractivity contribution in [2.24, 2.45) is 5.92 Å². The number of aryl methyl sites for hydroxylation is 2. The summed E-state index contributed by atoms with van der Waals surface area (Å²) in [6, 6.07) is 15.6. The number of carbonyl (C=O) groups excluding carboxylic acids is 7.